The minimum Gasteiger partial charge on any atom is -0.505 e. The summed E-state index contributed by atoms with van der Waals surface area (Å²) in [7, 11) is 0. The highest BCUT2D eigenvalue weighted by atomic mass is 16.3. The van der Waals surface area contributed by atoms with Crippen molar-refractivity contribution in [3.8, 4) is 12.1 Å². The van der Waals surface area contributed by atoms with Crippen molar-refractivity contribution in [2.24, 2.45) is 16.1 Å². The molecule has 0 fully saturated rings. The third kappa shape index (κ3) is 3.90. The lowest BCUT2D eigenvalue weighted by Gasteiger charge is -2.05. The van der Waals surface area contributed by atoms with Crippen LogP contribution in [-0.4, -0.2) is 10.9 Å². The smallest absolute Gasteiger partial charge is 0.218 e. The standard InChI is InChI=1S/C18H12N4O2/c19-11-14(12-20)18(24)16(17(23)13-7-3-1-4-8-13)22-21-15-9-5-2-6-10-15/h1-10,14,23H/b17-16+,22-21?. The van der Waals surface area contributed by atoms with Crippen LogP contribution in [-0.2, 0) is 4.79 Å². The van der Waals surface area contributed by atoms with E-state index in [-0.39, 0.29) is 0 Å². The molecule has 0 saturated heterocycles. The molecule has 0 aliphatic carbocycles. The van der Waals surface area contributed by atoms with Gasteiger partial charge < -0.3 is 5.11 Å². The fourth-order valence-electron chi connectivity index (χ4n) is 1.83. The average molecular weight is 316 g/mol. The van der Waals surface area contributed by atoms with Crippen LogP contribution in [0.3, 0.4) is 0 Å². The first-order valence-electron chi connectivity index (χ1n) is 6.96. The second-order valence-corrected chi connectivity index (χ2v) is 4.65. The molecule has 0 amide bonds. The van der Waals surface area contributed by atoms with Crippen LogP contribution in [0.4, 0.5) is 5.69 Å². The van der Waals surface area contributed by atoms with Crippen molar-refractivity contribution in [3.05, 3.63) is 71.9 Å². The van der Waals surface area contributed by atoms with Gasteiger partial charge in [0.1, 0.15) is 0 Å². The zero-order chi connectivity index (χ0) is 17.4. The number of benzene rings is 2. The quantitative estimate of drug-likeness (QED) is 0.512. The zero-order valence-electron chi connectivity index (χ0n) is 12.5. The molecule has 116 valence electrons. The maximum Gasteiger partial charge on any atom is 0.218 e. The Labute approximate surface area is 138 Å². The maximum absolute atomic E-state index is 12.3. The number of ketones is 1. The molecule has 2 rings (SSSR count). The summed E-state index contributed by atoms with van der Waals surface area (Å²) in [5.41, 5.74) is 0.370. The van der Waals surface area contributed by atoms with Crippen molar-refractivity contribution in [3.63, 3.8) is 0 Å². The predicted molar refractivity (Wildman–Crippen MR) is 86.7 cm³/mol. The van der Waals surface area contributed by atoms with Crippen molar-refractivity contribution in [1.29, 1.82) is 10.5 Å². The molecule has 0 bridgehead atoms. The molecule has 6 heteroatoms. The minimum absolute atomic E-state index is 0.336. The molecular formula is C18H12N4O2. The Morgan fingerprint density at radius 1 is 0.958 bits per heavy atom. The van der Waals surface area contributed by atoms with E-state index in [1.54, 1.807) is 72.8 Å². The van der Waals surface area contributed by atoms with Gasteiger partial charge in [0.25, 0.3) is 0 Å². The Morgan fingerprint density at radius 2 is 1.50 bits per heavy atom. The Bertz CT molecular complexity index is 845. The summed E-state index contributed by atoms with van der Waals surface area (Å²) in [5, 5.41) is 35.9. The largest absolute Gasteiger partial charge is 0.505 e. The Balaban J connectivity index is 2.50. The number of nitrogens with zero attached hydrogens (tertiary/aromatic N) is 4. The molecule has 0 aromatic heterocycles. The van der Waals surface area contributed by atoms with Gasteiger partial charge in [-0.25, -0.2) is 0 Å². The molecule has 6 nitrogen and oxygen atoms in total. The number of Topliss-reactive ketones (excluding diaryl/α,β-unsaturated/α-hetero) is 1. The van der Waals surface area contributed by atoms with E-state index in [2.05, 4.69) is 10.2 Å². The molecule has 0 heterocycles. The number of nitriles is 2. The molecule has 2 aromatic carbocycles. The second kappa shape index (κ2) is 8.02. The molecule has 0 aliphatic rings. The summed E-state index contributed by atoms with van der Waals surface area (Å²) in [6, 6.07) is 20.0. The van der Waals surface area contributed by atoms with E-state index < -0.39 is 23.2 Å². The van der Waals surface area contributed by atoms with E-state index in [4.69, 9.17) is 10.5 Å². The van der Waals surface area contributed by atoms with E-state index in [1.165, 1.54) is 0 Å². The zero-order valence-corrected chi connectivity index (χ0v) is 12.5. The van der Waals surface area contributed by atoms with Gasteiger partial charge in [0.2, 0.25) is 5.78 Å². The van der Waals surface area contributed by atoms with Crippen molar-refractivity contribution >= 4 is 17.2 Å². The number of carbonyl (C=O) groups excluding carboxylic acids is 1. The summed E-state index contributed by atoms with van der Waals surface area (Å²) in [4.78, 5) is 12.3. The van der Waals surface area contributed by atoms with Crippen LogP contribution in [0.2, 0.25) is 0 Å². The van der Waals surface area contributed by atoms with Gasteiger partial charge >= 0.3 is 0 Å². The lowest BCUT2D eigenvalue weighted by molar-refractivity contribution is -0.116. The van der Waals surface area contributed by atoms with E-state index >= 15 is 0 Å². The SMILES string of the molecule is N#CC(C#N)C(=O)/C(N=Nc1ccccc1)=C(\O)c1ccccc1. The van der Waals surface area contributed by atoms with Gasteiger partial charge in [-0.15, -0.1) is 5.11 Å². The van der Waals surface area contributed by atoms with Crippen molar-refractivity contribution < 1.29 is 9.90 Å². The highest BCUT2D eigenvalue weighted by Gasteiger charge is 2.25. The van der Waals surface area contributed by atoms with Crippen LogP contribution >= 0.6 is 0 Å². The lowest BCUT2D eigenvalue weighted by atomic mass is 10.0. The van der Waals surface area contributed by atoms with Gasteiger partial charge in [-0.2, -0.15) is 15.6 Å². The average Bonchev–Trinajstić information content (AvgIpc) is 2.64. The predicted octanol–water partition coefficient (Wildman–Crippen LogP) is 3.93. The molecule has 0 spiro atoms. The van der Waals surface area contributed by atoms with Gasteiger partial charge in [0.15, 0.2) is 17.4 Å². The first-order chi connectivity index (χ1) is 11.7. The molecule has 0 atom stereocenters. The Kier molecular flexibility index (Phi) is 5.55. The van der Waals surface area contributed by atoms with E-state index in [0.29, 0.717) is 11.3 Å². The fraction of sp³-hybridized carbons (Fsp3) is 0.0556. The summed E-state index contributed by atoms with van der Waals surface area (Å²) >= 11 is 0. The van der Waals surface area contributed by atoms with Gasteiger partial charge in [-0.1, -0.05) is 48.5 Å². The molecule has 0 unspecified atom stereocenters. The molecule has 2 aromatic rings. The first kappa shape index (κ1) is 16.6. The minimum atomic E-state index is -1.57. The maximum atomic E-state index is 12.3. The van der Waals surface area contributed by atoms with Crippen molar-refractivity contribution in [2.75, 3.05) is 0 Å². The molecular weight excluding hydrogens is 304 g/mol. The monoisotopic (exact) mass is 316 g/mol. The first-order valence-corrected chi connectivity index (χ1v) is 6.96. The van der Waals surface area contributed by atoms with Crippen LogP contribution in [0.1, 0.15) is 5.56 Å². The van der Waals surface area contributed by atoms with E-state index in [0.717, 1.165) is 0 Å². The topological polar surface area (TPSA) is 110 Å². The van der Waals surface area contributed by atoms with Crippen molar-refractivity contribution in [2.45, 2.75) is 0 Å². The number of hydrogen-bond donors (Lipinski definition) is 1. The summed E-state index contributed by atoms with van der Waals surface area (Å²) in [5.74, 6) is -2.91. The third-order valence-electron chi connectivity index (χ3n) is 3.05. The Hall–Kier alpha value is -3.77. The molecule has 1 N–H and O–H groups in total. The highest BCUT2D eigenvalue weighted by molar-refractivity contribution is 6.04. The van der Waals surface area contributed by atoms with Crippen LogP contribution in [0.15, 0.2) is 76.6 Å². The number of rotatable bonds is 5. The summed E-state index contributed by atoms with van der Waals surface area (Å²) in [6.07, 6.45) is 0. The van der Waals surface area contributed by atoms with Crippen LogP contribution in [0.25, 0.3) is 5.76 Å². The fourth-order valence-corrected chi connectivity index (χ4v) is 1.83. The number of aliphatic hydroxyl groups is 1. The number of azo groups is 1. The van der Waals surface area contributed by atoms with Gasteiger partial charge in [-0.05, 0) is 12.1 Å². The van der Waals surface area contributed by atoms with Crippen LogP contribution in [0, 0.1) is 28.6 Å². The second-order valence-electron chi connectivity index (χ2n) is 4.65. The molecule has 0 saturated carbocycles. The van der Waals surface area contributed by atoms with Crippen LogP contribution < -0.4 is 0 Å². The number of allylic oxidation sites excluding steroid dienone is 1. The molecule has 0 radical (unpaired) electrons. The summed E-state index contributed by atoms with van der Waals surface area (Å²) in [6.45, 7) is 0. The lowest BCUT2D eigenvalue weighted by Crippen LogP contribution is -2.13. The normalized spacial score (nSPS) is 11.6. The molecule has 24 heavy (non-hydrogen) atoms. The van der Waals surface area contributed by atoms with Gasteiger partial charge in [-0.3, -0.25) is 4.79 Å². The van der Waals surface area contributed by atoms with E-state index in [9.17, 15) is 9.90 Å². The third-order valence-corrected chi connectivity index (χ3v) is 3.05. The van der Waals surface area contributed by atoms with Gasteiger partial charge in [0, 0.05) is 5.56 Å². The van der Waals surface area contributed by atoms with E-state index in [1.807, 2.05) is 0 Å². The van der Waals surface area contributed by atoms with Crippen molar-refractivity contribution in [1.82, 2.24) is 0 Å². The Morgan fingerprint density at radius 3 is 2.04 bits per heavy atom. The summed E-state index contributed by atoms with van der Waals surface area (Å²) < 4.78 is 0. The number of hydrogen-bond acceptors (Lipinski definition) is 6. The molecule has 0 aliphatic heterocycles. The number of aliphatic hydroxyl groups excluding tert-OH is 1. The van der Waals surface area contributed by atoms with Crippen LogP contribution in [0.5, 0.6) is 0 Å². The number of carbonyl (C=O) groups is 1. The highest BCUT2D eigenvalue weighted by Crippen LogP contribution is 2.22. The van der Waals surface area contributed by atoms with Gasteiger partial charge in [0.05, 0.1) is 17.8 Å².